The predicted octanol–water partition coefficient (Wildman–Crippen LogP) is 4.81. The van der Waals surface area contributed by atoms with E-state index in [0.717, 1.165) is 27.5 Å². The van der Waals surface area contributed by atoms with Crippen LogP contribution < -0.4 is 4.74 Å². The third-order valence-corrected chi connectivity index (χ3v) is 6.07. The number of hydrogen-bond acceptors (Lipinski definition) is 4. The largest absolute Gasteiger partial charge is 0.494 e. The summed E-state index contributed by atoms with van der Waals surface area (Å²) in [6.07, 6.45) is -0.0212. The molecular formula is C24H24ClFO4. The molecule has 1 heterocycles. The molecule has 0 amide bonds. The Kier molecular flexibility index (Phi) is 6.25. The number of hydrogen-bond donors (Lipinski definition) is 2. The van der Waals surface area contributed by atoms with Gasteiger partial charge in [0.25, 0.3) is 0 Å². The van der Waals surface area contributed by atoms with Crippen molar-refractivity contribution < 1.29 is 24.1 Å². The molecule has 2 N–H and O–H groups in total. The van der Waals surface area contributed by atoms with Gasteiger partial charge < -0.3 is 19.7 Å². The Morgan fingerprint density at radius 3 is 2.60 bits per heavy atom. The third kappa shape index (κ3) is 4.16. The summed E-state index contributed by atoms with van der Waals surface area (Å²) in [5.41, 5.74) is 2.53. The van der Waals surface area contributed by atoms with Crippen LogP contribution in [0.25, 0.3) is 10.8 Å². The summed E-state index contributed by atoms with van der Waals surface area (Å²) in [5, 5.41) is 22.3. The first-order valence-corrected chi connectivity index (χ1v) is 10.3. The van der Waals surface area contributed by atoms with Gasteiger partial charge in [-0.3, -0.25) is 0 Å². The first kappa shape index (κ1) is 21.1. The molecule has 0 saturated carbocycles. The summed E-state index contributed by atoms with van der Waals surface area (Å²) in [5.74, 6) is -0.222. The molecule has 1 aliphatic rings. The molecule has 3 aromatic carbocycles. The highest BCUT2D eigenvalue weighted by molar-refractivity contribution is 6.36. The summed E-state index contributed by atoms with van der Waals surface area (Å²) in [7, 11) is 1.43. The summed E-state index contributed by atoms with van der Waals surface area (Å²) in [6.45, 7) is -0.142. The van der Waals surface area contributed by atoms with Gasteiger partial charge in [0, 0.05) is 18.2 Å². The van der Waals surface area contributed by atoms with Crippen molar-refractivity contribution in [2.24, 2.45) is 0 Å². The minimum Gasteiger partial charge on any atom is -0.494 e. The predicted molar refractivity (Wildman–Crippen MR) is 115 cm³/mol. The number of rotatable bonds is 5. The second-order valence-corrected chi connectivity index (χ2v) is 8.06. The van der Waals surface area contributed by atoms with Crippen molar-refractivity contribution in [3.05, 3.63) is 76.1 Å². The Morgan fingerprint density at radius 2 is 1.90 bits per heavy atom. The zero-order valence-electron chi connectivity index (χ0n) is 16.6. The highest BCUT2D eigenvalue weighted by Gasteiger charge is 2.30. The van der Waals surface area contributed by atoms with Crippen molar-refractivity contribution >= 4 is 22.4 Å². The number of aliphatic hydroxyl groups excluding tert-OH is 2. The van der Waals surface area contributed by atoms with Crippen LogP contribution in [0.2, 0.25) is 5.02 Å². The van der Waals surface area contributed by atoms with Gasteiger partial charge in [0.1, 0.15) is 0 Å². The van der Waals surface area contributed by atoms with Crippen LogP contribution >= 0.6 is 11.6 Å². The van der Waals surface area contributed by atoms with Crippen molar-refractivity contribution in [2.45, 2.75) is 37.6 Å². The molecule has 0 aliphatic carbocycles. The molecule has 0 bridgehead atoms. The summed E-state index contributed by atoms with van der Waals surface area (Å²) >= 11 is 6.74. The quantitative estimate of drug-likeness (QED) is 0.610. The number of aliphatic hydroxyl groups is 2. The number of fused-ring (bicyclic) bond motifs is 1. The van der Waals surface area contributed by atoms with Crippen molar-refractivity contribution in [1.82, 2.24) is 0 Å². The van der Waals surface area contributed by atoms with Gasteiger partial charge in [-0.2, -0.15) is 0 Å². The van der Waals surface area contributed by atoms with Crippen molar-refractivity contribution in [3.8, 4) is 5.75 Å². The van der Waals surface area contributed by atoms with Crippen LogP contribution in [0.3, 0.4) is 0 Å². The molecule has 158 valence electrons. The van der Waals surface area contributed by atoms with E-state index in [-0.39, 0.29) is 18.5 Å². The normalized spacial score (nSPS) is 21.7. The van der Waals surface area contributed by atoms with Crippen molar-refractivity contribution in [3.63, 3.8) is 0 Å². The van der Waals surface area contributed by atoms with Crippen LogP contribution in [-0.4, -0.2) is 36.1 Å². The van der Waals surface area contributed by atoms with Gasteiger partial charge in [-0.15, -0.1) is 0 Å². The smallest absolute Gasteiger partial charge is 0.165 e. The average molecular weight is 431 g/mol. The van der Waals surface area contributed by atoms with Gasteiger partial charge in [-0.25, -0.2) is 4.39 Å². The van der Waals surface area contributed by atoms with E-state index in [1.165, 1.54) is 13.2 Å². The summed E-state index contributed by atoms with van der Waals surface area (Å²) in [6, 6.07) is 14.6. The van der Waals surface area contributed by atoms with Gasteiger partial charge in [0.2, 0.25) is 0 Å². The maximum atomic E-state index is 14.2. The van der Waals surface area contributed by atoms with Crippen LogP contribution in [0, 0.1) is 5.82 Å². The fourth-order valence-corrected chi connectivity index (χ4v) is 4.46. The van der Waals surface area contributed by atoms with Gasteiger partial charge in [0.15, 0.2) is 11.6 Å². The number of ether oxygens (including phenoxy) is 2. The molecule has 0 spiro atoms. The van der Waals surface area contributed by atoms with E-state index in [4.69, 9.17) is 21.1 Å². The standard InChI is InChI=1S/C24H24ClFO4/c1-29-22-7-6-14(9-21(22)26)8-15-10-20(18-4-2-3-5-19(18)24(15)25)23-12-16(28)11-17(13-27)30-23/h2-7,9-10,16-17,23,27-28H,8,11-13H2,1H3. The summed E-state index contributed by atoms with van der Waals surface area (Å²) < 4.78 is 25.2. The first-order chi connectivity index (χ1) is 14.5. The third-order valence-electron chi connectivity index (χ3n) is 5.63. The van der Waals surface area contributed by atoms with Crippen molar-refractivity contribution in [2.75, 3.05) is 13.7 Å². The van der Waals surface area contributed by atoms with E-state index < -0.39 is 18.0 Å². The molecule has 30 heavy (non-hydrogen) atoms. The molecule has 3 atom stereocenters. The van der Waals surface area contributed by atoms with Crippen molar-refractivity contribution in [1.29, 1.82) is 0 Å². The first-order valence-electron chi connectivity index (χ1n) is 9.97. The minimum atomic E-state index is -0.547. The maximum Gasteiger partial charge on any atom is 0.165 e. The molecule has 3 aromatic rings. The highest BCUT2D eigenvalue weighted by Crippen LogP contribution is 2.39. The van der Waals surface area contributed by atoms with E-state index in [1.54, 1.807) is 6.07 Å². The van der Waals surface area contributed by atoms with E-state index >= 15 is 0 Å². The van der Waals surface area contributed by atoms with Gasteiger partial charge in [-0.05, 0) is 40.6 Å². The molecule has 0 radical (unpaired) electrons. The van der Waals surface area contributed by atoms with Crippen LogP contribution in [0.5, 0.6) is 5.75 Å². The maximum absolute atomic E-state index is 14.2. The van der Waals surface area contributed by atoms with E-state index in [1.807, 2.05) is 36.4 Å². The molecule has 4 nitrogen and oxygen atoms in total. The SMILES string of the molecule is COc1ccc(Cc2cc(C3CC(O)CC(CO)O3)c3ccccc3c2Cl)cc1F. The van der Waals surface area contributed by atoms with Gasteiger partial charge in [-0.1, -0.05) is 48.0 Å². The number of benzene rings is 3. The summed E-state index contributed by atoms with van der Waals surface area (Å²) in [4.78, 5) is 0. The molecule has 6 heteroatoms. The Labute approximate surface area is 179 Å². The lowest BCUT2D eigenvalue weighted by Gasteiger charge is -2.33. The number of halogens is 2. The minimum absolute atomic E-state index is 0.142. The van der Waals surface area contributed by atoms with Crippen LogP contribution in [-0.2, 0) is 11.2 Å². The topological polar surface area (TPSA) is 58.9 Å². The second kappa shape index (κ2) is 8.90. The molecule has 1 fully saturated rings. The average Bonchev–Trinajstić information content (AvgIpc) is 2.75. The van der Waals surface area contributed by atoms with Gasteiger partial charge in [0.05, 0.1) is 37.1 Å². The lowest BCUT2D eigenvalue weighted by atomic mass is 9.90. The molecule has 3 unspecified atom stereocenters. The molecule has 1 aliphatic heterocycles. The zero-order chi connectivity index (χ0) is 21.3. The second-order valence-electron chi connectivity index (χ2n) is 7.68. The fourth-order valence-electron chi connectivity index (χ4n) is 4.17. The van der Waals surface area contributed by atoms with Crippen LogP contribution in [0.1, 0.15) is 35.6 Å². The fraction of sp³-hybridized carbons (Fsp3) is 0.333. The Hall–Kier alpha value is -2.18. The van der Waals surface area contributed by atoms with E-state index in [0.29, 0.717) is 24.3 Å². The zero-order valence-corrected chi connectivity index (χ0v) is 17.4. The van der Waals surface area contributed by atoms with E-state index in [2.05, 4.69) is 0 Å². The molecule has 0 aromatic heterocycles. The lowest BCUT2D eigenvalue weighted by Crippen LogP contribution is -2.33. The lowest BCUT2D eigenvalue weighted by molar-refractivity contribution is -0.113. The van der Waals surface area contributed by atoms with Crippen LogP contribution in [0.15, 0.2) is 48.5 Å². The Bertz CT molecular complexity index is 1050. The van der Waals surface area contributed by atoms with Crippen LogP contribution in [0.4, 0.5) is 4.39 Å². The molecule has 1 saturated heterocycles. The highest BCUT2D eigenvalue weighted by atomic mass is 35.5. The Morgan fingerprint density at radius 1 is 1.13 bits per heavy atom. The Balaban J connectivity index is 1.77. The number of methoxy groups -OCH3 is 1. The molecular weight excluding hydrogens is 407 g/mol. The monoisotopic (exact) mass is 430 g/mol. The van der Waals surface area contributed by atoms with Gasteiger partial charge >= 0.3 is 0 Å². The molecule has 4 rings (SSSR count). The van der Waals surface area contributed by atoms with E-state index in [9.17, 15) is 14.6 Å².